The third-order valence-corrected chi connectivity index (χ3v) is 4.57. The van der Waals surface area contributed by atoms with Crippen molar-refractivity contribution in [2.24, 2.45) is 0 Å². The molecule has 0 radical (unpaired) electrons. The number of H-pyrrole nitrogens is 1. The first-order valence-corrected chi connectivity index (χ1v) is 8.73. The van der Waals surface area contributed by atoms with Gasteiger partial charge in [-0.3, -0.25) is 10.2 Å². The van der Waals surface area contributed by atoms with Gasteiger partial charge in [0, 0.05) is 6.54 Å². The lowest BCUT2D eigenvalue weighted by atomic mass is 10.2. The SMILES string of the molecule is O=c1[nH]c(Cn2cc(-c3ccc(C4CCNN4)o3)nn2)nc2ccccc12. The number of nitrogens with one attached hydrogen (secondary N) is 3. The van der Waals surface area contributed by atoms with Crippen LogP contribution in [0.5, 0.6) is 0 Å². The minimum atomic E-state index is -0.163. The number of hydrogen-bond acceptors (Lipinski definition) is 7. The van der Waals surface area contributed by atoms with Gasteiger partial charge in [-0.2, -0.15) is 0 Å². The summed E-state index contributed by atoms with van der Waals surface area (Å²) in [6.45, 7) is 1.22. The van der Waals surface area contributed by atoms with Crippen molar-refractivity contribution < 1.29 is 4.42 Å². The highest BCUT2D eigenvalue weighted by Crippen LogP contribution is 2.26. The minimum absolute atomic E-state index is 0.163. The zero-order valence-electron chi connectivity index (χ0n) is 14.3. The summed E-state index contributed by atoms with van der Waals surface area (Å²) >= 11 is 0. The van der Waals surface area contributed by atoms with Gasteiger partial charge in [0.1, 0.15) is 23.8 Å². The average Bonchev–Trinajstić information content (AvgIpc) is 3.42. The summed E-state index contributed by atoms with van der Waals surface area (Å²) in [5, 5.41) is 8.86. The second-order valence-electron chi connectivity index (χ2n) is 6.45. The monoisotopic (exact) mass is 363 g/mol. The maximum absolute atomic E-state index is 12.2. The normalized spacial score (nSPS) is 17.0. The molecule has 0 bridgehead atoms. The predicted molar refractivity (Wildman–Crippen MR) is 97.7 cm³/mol. The van der Waals surface area contributed by atoms with E-state index >= 15 is 0 Å². The molecule has 9 heteroatoms. The molecule has 0 amide bonds. The number of aromatic amines is 1. The summed E-state index contributed by atoms with van der Waals surface area (Å²) in [7, 11) is 0. The highest BCUT2D eigenvalue weighted by atomic mass is 16.3. The van der Waals surface area contributed by atoms with Crippen LogP contribution in [-0.2, 0) is 6.54 Å². The van der Waals surface area contributed by atoms with Crippen LogP contribution in [0.1, 0.15) is 24.0 Å². The van der Waals surface area contributed by atoms with Gasteiger partial charge in [-0.05, 0) is 30.7 Å². The van der Waals surface area contributed by atoms with Gasteiger partial charge in [-0.25, -0.2) is 15.1 Å². The maximum Gasteiger partial charge on any atom is 0.258 e. The largest absolute Gasteiger partial charge is 0.458 e. The molecule has 5 rings (SSSR count). The molecule has 27 heavy (non-hydrogen) atoms. The Labute approximate surface area is 153 Å². The second kappa shape index (κ2) is 6.45. The van der Waals surface area contributed by atoms with E-state index in [1.54, 1.807) is 16.9 Å². The fourth-order valence-corrected chi connectivity index (χ4v) is 3.23. The van der Waals surface area contributed by atoms with Crippen molar-refractivity contribution in [3.05, 3.63) is 64.5 Å². The zero-order valence-corrected chi connectivity index (χ0v) is 14.3. The molecular formula is C18H17N7O2. The molecule has 4 aromatic rings. The Morgan fingerprint density at radius 3 is 3.04 bits per heavy atom. The molecule has 1 unspecified atom stereocenters. The van der Waals surface area contributed by atoms with Gasteiger partial charge in [-0.15, -0.1) is 5.10 Å². The number of hydrazine groups is 1. The Kier molecular flexibility index (Phi) is 3.80. The molecule has 1 fully saturated rings. The quantitative estimate of drug-likeness (QED) is 0.502. The van der Waals surface area contributed by atoms with Gasteiger partial charge >= 0.3 is 0 Å². The van der Waals surface area contributed by atoms with Gasteiger partial charge < -0.3 is 9.40 Å². The molecule has 1 atom stereocenters. The third-order valence-electron chi connectivity index (χ3n) is 4.57. The summed E-state index contributed by atoms with van der Waals surface area (Å²) in [4.78, 5) is 19.5. The van der Waals surface area contributed by atoms with E-state index in [9.17, 15) is 4.79 Å². The maximum atomic E-state index is 12.2. The smallest absolute Gasteiger partial charge is 0.258 e. The van der Waals surface area contributed by atoms with Crippen molar-refractivity contribution in [2.75, 3.05) is 6.54 Å². The first kappa shape index (κ1) is 15.9. The lowest BCUT2D eigenvalue weighted by Crippen LogP contribution is -2.24. The number of rotatable bonds is 4. The summed E-state index contributed by atoms with van der Waals surface area (Å²) in [6.07, 6.45) is 2.75. The van der Waals surface area contributed by atoms with E-state index in [1.807, 2.05) is 30.3 Å². The lowest BCUT2D eigenvalue weighted by molar-refractivity contribution is 0.440. The second-order valence-corrected chi connectivity index (χ2v) is 6.45. The molecule has 0 spiro atoms. The number of benzene rings is 1. The van der Waals surface area contributed by atoms with Crippen LogP contribution in [0.4, 0.5) is 0 Å². The first-order chi connectivity index (χ1) is 13.3. The van der Waals surface area contributed by atoms with Crippen molar-refractivity contribution in [2.45, 2.75) is 19.0 Å². The van der Waals surface area contributed by atoms with E-state index in [1.165, 1.54) is 0 Å². The van der Waals surface area contributed by atoms with Crippen LogP contribution >= 0.6 is 0 Å². The summed E-state index contributed by atoms with van der Waals surface area (Å²) in [5.41, 5.74) is 7.39. The molecule has 4 heterocycles. The van der Waals surface area contributed by atoms with Gasteiger partial charge in [0.15, 0.2) is 5.76 Å². The van der Waals surface area contributed by atoms with Crippen LogP contribution in [0.25, 0.3) is 22.4 Å². The molecule has 3 N–H and O–H groups in total. The van der Waals surface area contributed by atoms with Crippen molar-refractivity contribution in [3.63, 3.8) is 0 Å². The van der Waals surface area contributed by atoms with Crippen LogP contribution in [0, 0.1) is 0 Å². The Morgan fingerprint density at radius 1 is 1.22 bits per heavy atom. The number of furan rings is 1. The summed E-state index contributed by atoms with van der Waals surface area (Å²) in [5.74, 6) is 2.05. The van der Waals surface area contributed by atoms with Crippen LogP contribution < -0.4 is 16.4 Å². The zero-order chi connectivity index (χ0) is 18.2. The number of hydrogen-bond donors (Lipinski definition) is 3. The van der Waals surface area contributed by atoms with Crippen molar-refractivity contribution in [1.29, 1.82) is 0 Å². The standard InChI is InChI=1S/C18H17N7O2/c26-18-11-3-1-2-4-12(11)20-17(21-18)10-25-9-14(23-24-25)16-6-5-15(27-16)13-7-8-19-22-13/h1-6,9,13,19,22H,7-8,10H2,(H,20,21,26). The van der Waals surface area contributed by atoms with Crippen LogP contribution in [-0.4, -0.2) is 31.5 Å². The molecule has 1 aromatic carbocycles. The van der Waals surface area contributed by atoms with E-state index in [4.69, 9.17) is 4.42 Å². The molecule has 1 aliphatic rings. The topological polar surface area (TPSA) is 114 Å². The number of nitrogens with zero attached hydrogens (tertiary/aromatic N) is 4. The molecular weight excluding hydrogens is 346 g/mol. The Hall–Kier alpha value is -3.30. The number of para-hydroxylation sites is 1. The fourth-order valence-electron chi connectivity index (χ4n) is 3.23. The Bertz CT molecular complexity index is 1150. The Morgan fingerprint density at radius 2 is 2.15 bits per heavy atom. The number of aromatic nitrogens is 5. The molecule has 9 nitrogen and oxygen atoms in total. The van der Waals surface area contributed by atoms with Crippen molar-refractivity contribution in [3.8, 4) is 11.5 Å². The third kappa shape index (κ3) is 3.03. The highest BCUT2D eigenvalue weighted by molar-refractivity contribution is 5.77. The van der Waals surface area contributed by atoms with Gasteiger partial charge in [0.2, 0.25) is 0 Å². The molecule has 1 saturated heterocycles. The average molecular weight is 363 g/mol. The van der Waals surface area contributed by atoms with E-state index in [-0.39, 0.29) is 11.6 Å². The van der Waals surface area contributed by atoms with E-state index in [0.717, 1.165) is 18.7 Å². The number of fused-ring (bicyclic) bond motifs is 1. The molecule has 0 aliphatic carbocycles. The molecule has 0 saturated carbocycles. The van der Waals surface area contributed by atoms with Gasteiger partial charge in [0.25, 0.3) is 5.56 Å². The predicted octanol–water partition coefficient (Wildman–Crippen LogP) is 1.36. The lowest BCUT2D eigenvalue weighted by Gasteiger charge is -2.04. The van der Waals surface area contributed by atoms with E-state index in [0.29, 0.717) is 34.7 Å². The van der Waals surface area contributed by atoms with Gasteiger partial charge in [-0.1, -0.05) is 17.3 Å². The van der Waals surface area contributed by atoms with Crippen molar-refractivity contribution >= 4 is 10.9 Å². The molecule has 136 valence electrons. The summed E-state index contributed by atoms with van der Waals surface area (Å²) in [6, 6.07) is 11.2. The molecule has 3 aromatic heterocycles. The van der Waals surface area contributed by atoms with Crippen molar-refractivity contribution in [1.82, 2.24) is 35.8 Å². The highest BCUT2D eigenvalue weighted by Gasteiger charge is 2.20. The minimum Gasteiger partial charge on any atom is -0.458 e. The fraction of sp³-hybridized carbons (Fsp3) is 0.222. The van der Waals surface area contributed by atoms with Crippen LogP contribution in [0.3, 0.4) is 0 Å². The van der Waals surface area contributed by atoms with Crippen LogP contribution in [0.15, 0.2) is 51.8 Å². The summed E-state index contributed by atoms with van der Waals surface area (Å²) < 4.78 is 7.53. The Balaban J connectivity index is 1.39. The van der Waals surface area contributed by atoms with Crippen LogP contribution in [0.2, 0.25) is 0 Å². The first-order valence-electron chi connectivity index (χ1n) is 8.73. The van der Waals surface area contributed by atoms with E-state index < -0.39 is 0 Å². The van der Waals surface area contributed by atoms with Gasteiger partial charge in [0.05, 0.1) is 23.1 Å². The van der Waals surface area contributed by atoms with E-state index in [2.05, 4.69) is 31.1 Å². The molecule has 1 aliphatic heterocycles.